The Morgan fingerprint density at radius 2 is 2.07 bits per heavy atom. The van der Waals surface area contributed by atoms with Gasteiger partial charge in [0.25, 0.3) is 5.56 Å². The molecule has 30 heavy (non-hydrogen) atoms. The van der Waals surface area contributed by atoms with Crippen molar-refractivity contribution < 1.29 is 4.79 Å². The molecule has 0 radical (unpaired) electrons. The Morgan fingerprint density at radius 1 is 1.27 bits per heavy atom. The van der Waals surface area contributed by atoms with E-state index in [0.717, 1.165) is 41.6 Å². The number of halogens is 1. The summed E-state index contributed by atoms with van der Waals surface area (Å²) in [4.78, 5) is 27.0. The lowest BCUT2D eigenvalue weighted by Gasteiger charge is -2.43. The number of aryl methyl sites for hydroxylation is 1. The third-order valence-electron chi connectivity index (χ3n) is 5.82. The summed E-state index contributed by atoms with van der Waals surface area (Å²) in [7, 11) is 0. The number of rotatable bonds is 3. The summed E-state index contributed by atoms with van der Waals surface area (Å²) >= 11 is 13.3. The van der Waals surface area contributed by atoms with Gasteiger partial charge in [-0.15, -0.1) is 0 Å². The number of thiocarbonyl (C=S) groups is 1. The molecule has 2 aliphatic heterocycles. The van der Waals surface area contributed by atoms with Crippen LogP contribution in [0.25, 0.3) is 0 Å². The minimum Gasteiger partial charge on any atom is -0.356 e. The maximum absolute atomic E-state index is 12.6. The molecule has 2 aromatic rings. The number of nitrogens with one attached hydrogen (secondary N) is 1. The molecule has 3 unspecified atom stereocenters. The van der Waals surface area contributed by atoms with Gasteiger partial charge in [0.05, 0.1) is 5.25 Å². The van der Waals surface area contributed by atoms with Gasteiger partial charge in [0.15, 0.2) is 0 Å². The molecule has 0 aliphatic carbocycles. The van der Waals surface area contributed by atoms with Gasteiger partial charge in [0, 0.05) is 48.0 Å². The number of pyridine rings is 1. The van der Waals surface area contributed by atoms with Gasteiger partial charge >= 0.3 is 0 Å². The summed E-state index contributed by atoms with van der Waals surface area (Å²) in [6.45, 7) is 6.13. The van der Waals surface area contributed by atoms with Crippen molar-refractivity contribution in [3.8, 4) is 0 Å². The molecule has 8 heteroatoms. The zero-order valence-corrected chi connectivity index (χ0v) is 19.3. The van der Waals surface area contributed by atoms with Crippen molar-refractivity contribution in [2.75, 3.05) is 18.4 Å². The summed E-state index contributed by atoms with van der Waals surface area (Å²) in [5.74, 6) is 0.592. The summed E-state index contributed by atoms with van der Waals surface area (Å²) in [5.41, 5.74) is 2.83. The zero-order chi connectivity index (χ0) is 21.4. The van der Waals surface area contributed by atoms with Gasteiger partial charge in [-0.25, -0.2) is 0 Å². The SMILES string of the molecule is Cc1ccc(NC(=O)C(C)SC(=S)N2CC3CC(C2)c2cccc(=O)n2C3)cc1Cl. The molecule has 1 saturated heterocycles. The molecule has 1 N–H and O–H groups in total. The average Bonchev–Trinajstić information content (AvgIpc) is 2.71. The number of carbonyl (C=O) groups excluding carboxylic acids is 1. The summed E-state index contributed by atoms with van der Waals surface area (Å²) in [6, 6.07) is 11.0. The number of likely N-dealkylation sites (tertiary alicyclic amines) is 1. The first kappa shape index (κ1) is 21.4. The number of thioether (sulfide) groups is 1. The molecule has 0 saturated carbocycles. The van der Waals surface area contributed by atoms with E-state index in [9.17, 15) is 9.59 Å². The lowest BCUT2D eigenvalue weighted by Crippen LogP contribution is -2.48. The van der Waals surface area contributed by atoms with Gasteiger partial charge in [0.2, 0.25) is 5.91 Å². The van der Waals surface area contributed by atoms with Crippen LogP contribution < -0.4 is 10.9 Å². The van der Waals surface area contributed by atoms with Crippen LogP contribution in [0.4, 0.5) is 5.69 Å². The Hall–Kier alpha value is -1.83. The fourth-order valence-corrected chi connectivity index (χ4v) is 5.77. The third kappa shape index (κ3) is 4.43. The van der Waals surface area contributed by atoms with Crippen molar-refractivity contribution in [3.05, 3.63) is 63.0 Å². The van der Waals surface area contributed by atoms with Crippen LogP contribution in [0, 0.1) is 12.8 Å². The molecule has 2 aliphatic rings. The number of fused-ring (bicyclic) bond motifs is 4. The molecule has 3 heterocycles. The summed E-state index contributed by atoms with van der Waals surface area (Å²) in [6.07, 6.45) is 1.08. The average molecular weight is 462 g/mol. The van der Waals surface area contributed by atoms with E-state index in [1.54, 1.807) is 12.1 Å². The Morgan fingerprint density at radius 3 is 2.83 bits per heavy atom. The third-order valence-corrected chi connectivity index (χ3v) is 7.81. The van der Waals surface area contributed by atoms with Gasteiger partial charge in [0.1, 0.15) is 4.32 Å². The lowest BCUT2D eigenvalue weighted by atomic mass is 9.83. The van der Waals surface area contributed by atoms with Crippen molar-refractivity contribution in [1.82, 2.24) is 9.47 Å². The van der Waals surface area contributed by atoms with E-state index in [-0.39, 0.29) is 16.7 Å². The first-order valence-corrected chi connectivity index (χ1v) is 11.7. The molecule has 158 valence electrons. The Kier molecular flexibility index (Phi) is 6.23. The molecule has 2 bridgehead atoms. The van der Waals surface area contributed by atoms with E-state index in [0.29, 0.717) is 22.5 Å². The number of piperidine rings is 1. The molecule has 1 aromatic carbocycles. The highest BCUT2D eigenvalue weighted by atomic mass is 35.5. The first-order valence-electron chi connectivity index (χ1n) is 10.0. The number of hydrogen-bond donors (Lipinski definition) is 1. The minimum absolute atomic E-state index is 0.0779. The van der Waals surface area contributed by atoms with Crippen LogP contribution >= 0.6 is 35.6 Å². The van der Waals surface area contributed by atoms with Gasteiger partial charge in [-0.05, 0) is 49.9 Å². The Labute approximate surface area is 190 Å². The van der Waals surface area contributed by atoms with E-state index < -0.39 is 0 Å². The van der Waals surface area contributed by atoms with Gasteiger partial charge < -0.3 is 14.8 Å². The molecule has 1 fully saturated rings. The van der Waals surface area contributed by atoms with Crippen molar-refractivity contribution in [3.63, 3.8) is 0 Å². The quantitative estimate of drug-likeness (QED) is 0.691. The van der Waals surface area contributed by atoms with E-state index in [2.05, 4.69) is 10.2 Å². The molecule has 4 rings (SSSR count). The maximum atomic E-state index is 12.6. The van der Waals surface area contributed by atoms with E-state index in [4.69, 9.17) is 23.8 Å². The second-order valence-electron chi connectivity index (χ2n) is 8.08. The number of benzene rings is 1. The number of amides is 1. The fourth-order valence-electron chi connectivity index (χ4n) is 4.24. The van der Waals surface area contributed by atoms with Crippen LogP contribution in [0.1, 0.15) is 30.5 Å². The second-order valence-corrected chi connectivity index (χ2v) is 10.5. The molecular formula is C22H24ClN3O2S2. The minimum atomic E-state index is -0.325. The largest absolute Gasteiger partial charge is 0.356 e. The van der Waals surface area contributed by atoms with E-state index >= 15 is 0 Å². The molecule has 3 atom stereocenters. The molecule has 1 aromatic heterocycles. The van der Waals surface area contributed by atoms with E-state index in [1.165, 1.54) is 11.8 Å². The fraction of sp³-hybridized carbons (Fsp3) is 0.409. The zero-order valence-electron chi connectivity index (χ0n) is 16.9. The number of carbonyl (C=O) groups is 1. The first-order chi connectivity index (χ1) is 14.3. The number of nitrogens with zero attached hydrogens (tertiary/aromatic N) is 2. The molecule has 1 amide bonds. The van der Waals surface area contributed by atoms with Crippen molar-refractivity contribution in [1.29, 1.82) is 0 Å². The van der Waals surface area contributed by atoms with Crippen LogP contribution in [-0.4, -0.2) is 38.0 Å². The number of anilines is 1. The monoisotopic (exact) mass is 461 g/mol. The van der Waals surface area contributed by atoms with Gasteiger partial charge in [-0.1, -0.05) is 47.7 Å². The highest BCUT2D eigenvalue weighted by molar-refractivity contribution is 8.23. The van der Waals surface area contributed by atoms with Crippen LogP contribution in [0.2, 0.25) is 5.02 Å². The summed E-state index contributed by atoms with van der Waals surface area (Å²) < 4.78 is 2.65. The van der Waals surface area contributed by atoms with Crippen LogP contribution in [0.15, 0.2) is 41.2 Å². The van der Waals surface area contributed by atoms with Crippen molar-refractivity contribution in [2.24, 2.45) is 5.92 Å². The van der Waals surface area contributed by atoms with E-state index in [1.807, 2.05) is 42.7 Å². The second kappa shape index (κ2) is 8.73. The predicted molar refractivity (Wildman–Crippen MR) is 128 cm³/mol. The highest BCUT2D eigenvalue weighted by Crippen LogP contribution is 2.36. The normalized spacial score (nSPS) is 21.0. The van der Waals surface area contributed by atoms with Crippen molar-refractivity contribution >= 4 is 51.5 Å². The van der Waals surface area contributed by atoms with Gasteiger partial charge in [-0.2, -0.15) is 0 Å². The Balaban J connectivity index is 1.39. The number of hydrogen-bond acceptors (Lipinski definition) is 4. The highest BCUT2D eigenvalue weighted by Gasteiger charge is 2.35. The lowest BCUT2D eigenvalue weighted by molar-refractivity contribution is -0.115. The molecular weight excluding hydrogens is 438 g/mol. The standard InChI is InChI=1S/C22H24ClN3O2S2/c1-13-6-7-17(9-18(13)23)24-21(28)14(2)30-22(29)25-10-15-8-16(12-25)19-4-3-5-20(27)26(19)11-15/h3-7,9,14-16H,8,10-12H2,1-2H3,(H,24,28). The number of aromatic nitrogens is 1. The van der Waals surface area contributed by atoms with Gasteiger partial charge in [-0.3, -0.25) is 9.59 Å². The van der Waals surface area contributed by atoms with Crippen LogP contribution in [-0.2, 0) is 11.3 Å². The summed E-state index contributed by atoms with van der Waals surface area (Å²) in [5, 5.41) is 3.22. The predicted octanol–water partition coefficient (Wildman–Crippen LogP) is 4.27. The molecule has 5 nitrogen and oxygen atoms in total. The van der Waals surface area contributed by atoms with Crippen LogP contribution in [0.5, 0.6) is 0 Å². The Bertz CT molecular complexity index is 1050. The smallest absolute Gasteiger partial charge is 0.250 e. The van der Waals surface area contributed by atoms with Crippen LogP contribution in [0.3, 0.4) is 0 Å². The van der Waals surface area contributed by atoms with Crippen molar-refractivity contribution in [2.45, 2.75) is 38.0 Å². The molecule has 0 spiro atoms. The topological polar surface area (TPSA) is 54.3 Å². The maximum Gasteiger partial charge on any atom is 0.250 e.